The molecule has 0 spiro atoms. The van der Waals surface area contributed by atoms with Crippen LogP contribution in [0.3, 0.4) is 0 Å². The van der Waals surface area contributed by atoms with Crippen LogP contribution in [0.5, 0.6) is 23.0 Å². The molecule has 8 heteroatoms. The second-order valence-corrected chi connectivity index (χ2v) is 12.2. The highest BCUT2D eigenvalue weighted by atomic mass is 16.6. The lowest BCUT2D eigenvalue weighted by Crippen LogP contribution is -2.29. The summed E-state index contributed by atoms with van der Waals surface area (Å²) in [7, 11) is 0. The zero-order valence-corrected chi connectivity index (χ0v) is 24.8. The summed E-state index contributed by atoms with van der Waals surface area (Å²) < 4.78 is 46.9. The number of hydrogen-bond acceptors (Lipinski definition) is 8. The minimum Gasteiger partial charge on any atom is -0.487 e. The molecule has 0 amide bonds. The summed E-state index contributed by atoms with van der Waals surface area (Å²) >= 11 is 0. The first kappa shape index (κ1) is 27.2. The lowest BCUT2D eigenvalue weighted by atomic mass is 9.67. The minimum absolute atomic E-state index is 0.110. The molecule has 4 aromatic rings. The van der Waals surface area contributed by atoms with E-state index >= 15 is 0 Å². The van der Waals surface area contributed by atoms with E-state index in [9.17, 15) is 0 Å². The molecule has 5 aliphatic rings. The standard InChI is InChI=1S/C37H34O8/c1-3-7-31-29(5-1)30-6-2-4-8-32(30)37(31,23-9-11-33(42-19-25-15-38-25)35(13-23)44-21-27-17-40-27)24-10-12-34(43-20-26-16-39-26)36(14-24)45-22-28-18-41-28/h1-14,25-28H,15-22H2. The topological polar surface area (TPSA) is 87.0 Å². The van der Waals surface area contributed by atoms with Crippen molar-refractivity contribution >= 4 is 0 Å². The fourth-order valence-corrected chi connectivity index (χ4v) is 6.36. The van der Waals surface area contributed by atoms with Gasteiger partial charge in [-0.25, -0.2) is 0 Å². The van der Waals surface area contributed by atoms with Crippen LogP contribution in [0.2, 0.25) is 0 Å². The van der Waals surface area contributed by atoms with Gasteiger partial charge >= 0.3 is 0 Å². The molecular formula is C37H34O8. The maximum atomic E-state index is 6.38. The highest BCUT2D eigenvalue weighted by Crippen LogP contribution is 2.57. The van der Waals surface area contributed by atoms with Gasteiger partial charge in [0.2, 0.25) is 0 Å². The van der Waals surface area contributed by atoms with E-state index in [0.717, 1.165) is 24.3 Å². The fraction of sp³-hybridized carbons (Fsp3) is 0.351. The Hall–Kier alpha value is -4.08. The average molecular weight is 607 g/mol. The Morgan fingerprint density at radius 2 is 0.822 bits per heavy atom. The van der Waals surface area contributed by atoms with Crippen molar-refractivity contribution in [3.63, 3.8) is 0 Å². The number of fused-ring (bicyclic) bond motifs is 3. The number of ether oxygens (including phenoxy) is 8. The molecule has 4 unspecified atom stereocenters. The van der Waals surface area contributed by atoms with Crippen LogP contribution in [0.4, 0.5) is 0 Å². The summed E-state index contributed by atoms with van der Waals surface area (Å²) in [6.07, 6.45) is 0.490. The van der Waals surface area contributed by atoms with Crippen LogP contribution in [0.25, 0.3) is 11.1 Å². The Morgan fingerprint density at radius 1 is 0.467 bits per heavy atom. The van der Waals surface area contributed by atoms with E-state index in [-0.39, 0.29) is 24.4 Å². The molecule has 4 saturated heterocycles. The molecule has 1 aliphatic carbocycles. The van der Waals surface area contributed by atoms with E-state index in [1.807, 2.05) is 12.1 Å². The molecule has 0 radical (unpaired) electrons. The summed E-state index contributed by atoms with van der Waals surface area (Å²) in [5, 5.41) is 0. The monoisotopic (exact) mass is 606 g/mol. The van der Waals surface area contributed by atoms with Gasteiger partial charge in [-0.3, -0.25) is 0 Å². The van der Waals surface area contributed by atoms with Gasteiger partial charge in [0.15, 0.2) is 23.0 Å². The predicted octanol–water partition coefficient (Wildman–Crippen LogP) is 5.16. The third-order valence-corrected chi connectivity index (χ3v) is 9.01. The number of rotatable bonds is 14. The van der Waals surface area contributed by atoms with Crippen molar-refractivity contribution in [1.82, 2.24) is 0 Å². The van der Waals surface area contributed by atoms with E-state index in [0.29, 0.717) is 62.6 Å². The number of epoxide rings is 4. The maximum Gasteiger partial charge on any atom is 0.161 e. The number of hydrogen-bond donors (Lipinski definition) is 0. The van der Waals surface area contributed by atoms with Gasteiger partial charge in [-0.05, 0) is 57.6 Å². The van der Waals surface area contributed by atoms with Crippen LogP contribution < -0.4 is 18.9 Å². The van der Waals surface area contributed by atoms with Crippen LogP contribution in [0.1, 0.15) is 22.3 Å². The Kier molecular flexibility index (Phi) is 6.70. The van der Waals surface area contributed by atoms with Gasteiger partial charge in [0.1, 0.15) is 50.8 Å². The molecule has 8 nitrogen and oxygen atoms in total. The summed E-state index contributed by atoms with van der Waals surface area (Å²) in [4.78, 5) is 0. The first-order valence-corrected chi connectivity index (χ1v) is 15.7. The van der Waals surface area contributed by atoms with Gasteiger partial charge in [-0.15, -0.1) is 0 Å². The maximum absolute atomic E-state index is 6.38. The molecule has 230 valence electrons. The van der Waals surface area contributed by atoms with Gasteiger partial charge in [-0.1, -0.05) is 60.7 Å². The molecule has 45 heavy (non-hydrogen) atoms. The van der Waals surface area contributed by atoms with E-state index in [4.69, 9.17) is 37.9 Å². The smallest absolute Gasteiger partial charge is 0.161 e. The Morgan fingerprint density at radius 3 is 1.20 bits per heavy atom. The zero-order valence-electron chi connectivity index (χ0n) is 24.8. The molecule has 4 fully saturated rings. The highest BCUT2D eigenvalue weighted by Gasteiger charge is 2.47. The van der Waals surface area contributed by atoms with Crippen LogP contribution in [-0.4, -0.2) is 77.3 Å². The van der Waals surface area contributed by atoms with Crippen LogP contribution >= 0.6 is 0 Å². The first-order chi connectivity index (χ1) is 22.3. The van der Waals surface area contributed by atoms with Crippen molar-refractivity contribution in [3.8, 4) is 34.1 Å². The SMILES string of the molecule is c1ccc2c(c1)-c1ccccc1C2(c1ccc(OCC2CO2)c(OCC2CO2)c1)c1ccc(OCC2CO2)c(OCC2CO2)c1. The van der Waals surface area contributed by atoms with Gasteiger partial charge in [-0.2, -0.15) is 0 Å². The molecule has 0 N–H and O–H groups in total. The molecule has 0 aromatic heterocycles. The molecule has 0 saturated carbocycles. The zero-order chi connectivity index (χ0) is 29.8. The third-order valence-electron chi connectivity index (χ3n) is 9.01. The van der Waals surface area contributed by atoms with Gasteiger partial charge in [0.25, 0.3) is 0 Å². The summed E-state index contributed by atoms with van der Waals surface area (Å²) in [5.74, 6) is 2.78. The van der Waals surface area contributed by atoms with Crippen molar-refractivity contribution in [2.24, 2.45) is 0 Å². The summed E-state index contributed by atoms with van der Waals surface area (Å²) in [5.41, 5.74) is 6.27. The molecule has 4 aliphatic heterocycles. The lowest BCUT2D eigenvalue weighted by molar-refractivity contribution is 0.227. The van der Waals surface area contributed by atoms with E-state index in [1.54, 1.807) is 0 Å². The lowest BCUT2D eigenvalue weighted by Gasteiger charge is -2.34. The molecule has 4 atom stereocenters. The van der Waals surface area contributed by atoms with Crippen LogP contribution in [0.15, 0.2) is 84.9 Å². The quantitative estimate of drug-likeness (QED) is 0.160. The highest BCUT2D eigenvalue weighted by molar-refractivity contribution is 5.86. The van der Waals surface area contributed by atoms with Crippen LogP contribution in [0, 0.1) is 0 Å². The fourth-order valence-electron chi connectivity index (χ4n) is 6.36. The predicted molar refractivity (Wildman–Crippen MR) is 165 cm³/mol. The average Bonchev–Trinajstić information content (AvgIpc) is 3.88. The minimum atomic E-state index is -0.661. The van der Waals surface area contributed by atoms with Crippen molar-refractivity contribution < 1.29 is 37.9 Å². The van der Waals surface area contributed by atoms with Crippen LogP contribution in [-0.2, 0) is 24.4 Å². The van der Waals surface area contributed by atoms with Gasteiger partial charge < -0.3 is 37.9 Å². The van der Waals surface area contributed by atoms with Crippen molar-refractivity contribution in [3.05, 3.63) is 107 Å². The van der Waals surface area contributed by atoms with E-state index < -0.39 is 5.41 Å². The van der Waals surface area contributed by atoms with E-state index in [1.165, 1.54) is 22.3 Å². The van der Waals surface area contributed by atoms with Gasteiger partial charge in [0, 0.05) is 0 Å². The normalized spacial score (nSPS) is 24.3. The number of benzene rings is 4. The summed E-state index contributed by atoms with van der Waals surface area (Å²) in [6.45, 7) is 4.81. The molecule has 0 bridgehead atoms. The largest absolute Gasteiger partial charge is 0.487 e. The Balaban J connectivity index is 1.21. The Bertz CT molecular complexity index is 1590. The second-order valence-electron chi connectivity index (χ2n) is 12.2. The molecule has 4 heterocycles. The molecule has 4 aromatic carbocycles. The van der Waals surface area contributed by atoms with Crippen molar-refractivity contribution in [2.75, 3.05) is 52.9 Å². The third kappa shape index (κ3) is 5.32. The van der Waals surface area contributed by atoms with Gasteiger partial charge in [0.05, 0.1) is 31.8 Å². The van der Waals surface area contributed by atoms with E-state index in [2.05, 4.69) is 72.8 Å². The van der Waals surface area contributed by atoms with Crippen molar-refractivity contribution in [2.45, 2.75) is 29.8 Å². The first-order valence-electron chi connectivity index (χ1n) is 15.7. The summed E-state index contributed by atoms with van der Waals surface area (Å²) in [6, 6.07) is 30.0. The second kappa shape index (κ2) is 11.1. The molecular weight excluding hydrogens is 572 g/mol. The van der Waals surface area contributed by atoms with Crippen molar-refractivity contribution in [1.29, 1.82) is 0 Å². The Labute approximate surface area is 261 Å². The molecule has 9 rings (SSSR count).